The average Bonchev–Trinajstić information content (AvgIpc) is 2.31. The normalized spacial score (nSPS) is 10.3. The molecule has 1 aromatic carbocycles. The number of rotatable bonds is 6. The van der Waals surface area contributed by atoms with E-state index in [4.69, 9.17) is 10.4 Å². The molecular weight excluding hydrogens is 235 g/mol. The molecule has 1 aromatic rings. The van der Waals surface area contributed by atoms with E-state index in [1.54, 1.807) is 7.05 Å². The second-order valence-corrected chi connectivity index (χ2v) is 4.15. The minimum Gasteiger partial charge on any atom is -0.481 e. The average molecular weight is 250 g/mol. The summed E-state index contributed by atoms with van der Waals surface area (Å²) in [4.78, 5) is 12.2. The van der Waals surface area contributed by atoms with Crippen molar-refractivity contribution in [1.82, 2.24) is 4.90 Å². The van der Waals surface area contributed by atoms with E-state index < -0.39 is 5.97 Å². The molecule has 0 aromatic heterocycles. The summed E-state index contributed by atoms with van der Waals surface area (Å²) in [5.41, 5.74) is 0.872. The molecule has 0 fully saturated rings. The second-order valence-electron chi connectivity index (χ2n) is 4.15. The molecule has 1 N–H and O–H groups in total. The van der Waals surface area contributed by atoms with Crippen LogP contribution in [0.4, 0.5) is 4.39 Å². The van der Waals surface area contributed by atoms with Gasteiger partial charge in [0.2, 0.25) is 0 Å². The molecule has 0 amide bonds. The van der Waals surface area contributed by atoms with Gasteiger partial charge in [-0.25, -0.2) is 4.39 Å². The topological polar surface area (TPSA) is 64.3 Å². The van der Waals surface area contributed by atoms with Crippen LogP contribution in [0, 0.1) is 17.1 Å². The van der Waals surface area contributed by atoms with Crippen LogP contribution in [0.2, 0.25) is 0 Å². The highest BCUT2D eigenvalue weighted by molar-refractivity contribution is 5.66. The molecular formula is C13H15FN2O2. The molecule has 1 rings (SSSR count). The minimum absolute atomic E-state index is 0.102. The fourth-order valence-corrected chi connectivity index (χ4v) is 1.64. The summed E-state index contributed by atoms with van der Waals surface area (Å²) in [6.45, 7) is 0.934. The number of benzene rings is 1. The van der Waals surface area contributed by atoms with Gasteiger partial charge in [-0.15, -0.1) is 0 Å². The van der Waals surface area contributed by atoms with E-state index in [2.05, 4.69) is 0 Å². The van der Waals surface area contributed by atoms with Gasteiger partial charge in [0.05, 0.1) is 11.6 Å². The van der Waals surface area contributed by atoms with Crippen molar-refractivity contribution in [2.24, 2.45) is 0 Å². The molecule has 0 radical (unpaired) electrons. The zero-order valence-corrected chi connectivity index (χ0v) is 10.2. The molecule has 0 aliphatic carbocycles. The van der Waals surface area contributed by atoms with Crippen LogP contribution in [0.5, 0.6) is 0 Å². The predicted octanol–water partition coefficient (Wildman–Crippen LogP) is 1.99. The molecule has 96 valence electrons. The van der Waals surface area contributed by atoms with Gasteiger partial charge >= 0.3 is 5.97 Å². The number of hydrogen-bond acceptors (Lipinski definition) is 3. The van der Waals surface area contributed by atoms with Gasteiger partial charge in [0.25, 0.3) is 0 Å². The third-order valence-electron chi connectivity index (χ3n) is 2.55. The van der Waals surface area contributed by atoms with Gasteiger partial charge in [0, 0.05) is 18.5 Å². The van der Waals surface area contributed by atoms with Crippen molar-refractivity contribution in [2.75, 3.05) is 13.6 Å². The number of nitriles is 1. The Morgan fingerprint density at radius 2 is 2.28 bits per heavy atom. The highest BCUT2D eigenvalue weighted by Crippen LogP contribution is 2.12. The van der Waals surface area contributed by atoms with Gasteiger partial charge in [-0.2, -0.15) is 5.26 Å². The van der Waals surface area contributed by atoms with Gasteiger partial charge in [0.1, 0.15) is 5.82 Å². The molecule has 0 saturated heterocycles. The maximum absolute atomic E-state index is 13.5. The Balaban J connectivity index is 2.56. The van der Waals surface area contributed by atoms with E-state index in [0.717, 1.165) is 0 Å². The van der Waals surface area contributed by atoms with Crippen LogP contribution in [-0.2, 0) is 11.3 Å². The Kier molecular flexibility index (Phi) is 5.28. The minimum atomic E-state index is -0.832. The maximum Gasteiger partial charge on any atom is 0.303 e. The zero-order chi connectivity index (χ0) is 13.5. The van der Waals surface area contributed by atoms with Crippen molar-refractivity contribution >= 4 is 5.97 Å². The third kappa shape index (κ3) is 4.52. The first-order valence-electron chi connectivity index (χ1n) is 5.62. The van der Waals surface area contributed by atoms with Crippen molar-refractivity contribution in [2.45, 2.75) is 19.4 Å². The molecule has 0 unspecified atom stereocenters. The van der Waals surface area contributed by atoms with Crippen LogP contribution in [0.25, 0.3) is 0 Å². The van der Waals surface area contributed by atoms with E-state index in [1.807, 2.05) is 11.0 Å². The first kappa shape index (κ1) is 14.1. The van der Waals surface area contributed by atoms with E-state index in [-0.39, 0.29) is 12.2 Å². The molecule has 4 nitrogen and oxygen atoms in total. The number of carbonyl (C=O) groups is 1. The molecule has 18 heavy (non-hydrogen) atoms. The third-order valence-corrected chi connectivity index (χ3v) is 2.55. The van der Waals surface area contributed by atoms with Gasteiger partial charge in [-0.1, -0.05) is 0 Å². The lowest BCUT2D eigenvalue weighted by molar-refractivity contribution is -0.137. The first-order chi connectivity index (χ1) is 8.52. The molecule has 0 aliphatic heterocycles. The number of hydrogen-bond donors (Lipinski definition) is 1. The number of carboxylic acids is 1. The molecule has 5 heteroatoms. The maximum atomic E-state index is 13.5. The molecule has 0 saturated carbocycles. The lowest BCUT2D eigenvalue weighted by atomic mass is 10.1. The summed E-state index contributed by atoms with van der Waals surface area (Å²) < 4.78 is 13.5. The number of nitrogens with zero attached hydrogens (tertiary/aromatic N) is 2. The van der Waals surface area contributed by atoms with Gasteiger partial charge < -0.3 is 10.0 Å². The van der Waals surface area contributed by atoms with Crippen molar-refractivity contribution in [3.05, 3.63) is 35.1 Å². The summed E-state index contributed by atoms with van der Waals surface area (Å²) in [6, 6.07) is 6.19. The Labute approximate surface area is 105 Å². The number of halogens is 1. The smallest absolute Gasteiger partial charge is 0.303 e. The molecule has 0 atom stereocenters. The van der Waals surface area contributed by atoms with Crippen molar-refractivity contribution in [1.29, 1.82) is 5.26 Å². The fourth-order valence-electron chi connectivity index (χ4n) is 1.64. The monoisotopic (exact) mass is 250 g/mol. The fraction of sp³-hybridized carbons (Fsp3) is 0.385. The molecule has 0 bridgehead atoms. The lowest BCUT2D eigenvalue weighted by Crippen LogP contribution is -2.20. The second kappa shape index (κ2) is 6.72. The highest BCUT2D eigenvalue weighted by Gasteiger charge is 2.07. The summed E-state index contributed by atoms with van der Waals surface area (Å²) in [7, 11) is 1.79. The van der Waals surface area contributed by atoms with Gasteiger partial charge in [-0.3, -0.25) is 4.79 Å². The Bertz CT molecular complexity index is 469. The van der Waals surface area contributed by atoms with Crippen molar-refractivity contribution in [3.63, 3.8) is 0 Å². The van der Waals surface area contributed by atoms with Crippen LogP contribution < -0.4 is 0 Å². The van der Waals surface area contributed by atoms with E-state index >= 15 is 0 Å². The first-order valence-corrected chi connectivity index (χ1v) is 5.62. The molecule has 0 aliphatic rings. The van der Waals surface area contributed by atoms with Gasteiger partial charge in [0.15, 0.2) is 0 Å². The van der Waals surface area contributed by atoms with E-state index in [9.17, 15) is 9.18 Å². The summed E-state index contributed by atoms with van der Waals surface area (Å²) >= 11 is 0. The van der Waals surface area contributed by atoms with Crippen LogP contribution in [0.15, 0.2) is 18.2 Å². The van der Waals surface area contributed by atoms with Gasteiger partial charge in [-0.05, 0) is 38.2 Å². The standard InChI is InChI=1S/C13H15FN2O2/c1-16(6-2-3-13(17)18)9-11-7-10(8-15)4-5-12(11)14/h4-5,7H,2-3,6,9H2,1H3,(H,17,18). The number of aliphatic carboxylic acids is 1. The number of carboxylic acid groups (broad SMARTS) is 1. The zero-order valence-electron chi connectivity index (χ0n) is 10.2. The predicted molar refractivity (Wildman–Crippen MR) is 64.3 cm³/mol. The van der Waals surface area contributed by atoms with E-state index in [0.29, 0.717) is 30.6 Å². The van der Waals surface area contributed by atoms with Crippen molar-refractivity contribution in [3.8, 4) is 6.07 Å². The van der Waals surface area contributed by atoms with Crippen LogP contribution in [0.3, 0.4) is 0 Å². The molecule has 0 heterocycles. The Hall–Kier alpha value is -1.93. The Morgan fingerprint density at radius 1 is 1.56 bits per heavy atom. The Morgan fingerprint density at radius 3 is 2.89 bits per heavy atom. The largest absolute Gasteiger partial charge is 0.481 e. The SMILES string of the molecule is CN(CCCC(=O)O)Cc1cc(C#N)ccc1F. The highest BCUT2D eigenvalue weighted by atomic mass is 19.1. The molecule has 0 spiro atoms. The summed E-state index contributed by atoms with van der Waals surface area (Å²) in [5.74, 6) is -1.18. The van der Waals surface area contributed by atoms with Crippen molar-refractivity contribution < 1.29 is 14.3 Å². The summed E-state index contributed by atoms with van der Waals surface area (Å²) in [5, 5.41) is 17.3. The van der Waals surface area contributed by atoms with Crippen LogP contribution in [-0.4, -0.2) is 29.6 Å². The van der Waals surface area contributed by atoms with E-state index in [1.165, 1.54) is 18.2 Å². The lowest BCUT2D eigenvalue weighted by Gasteiger charge is -2.16. The van der Waals surface area contributed by atoms with Crippen LogP contribution in [0.1, 0.15) is 24.0 Å². The summed E-state index contributed by atoms with van der Waals surface area (Å²) in [6.07, 6.45) is 0.621. The quantitative estimate of drug-likeness (QED) is 0.838. The van der Waals surface area contributed by atoms with Crippen LogP contribution >= 0.6 is 0 Å².